The van der Waals surface area contributed by atoms with Crippen LogP contribution in [0, 0.1) is 0 Å². The van der Waals surface area contributed by atoms with E-state index in [0.717, 1.165) is 12.2 Å². The van der Waals surface area contributed by atoms with Crippen molar-refractivity contribution in [3.05, 3.63) is 17.5 Å². The summed E-state index contributed by atoms with van der Waals surface area (Å²) in [6, 6.07) is 2.12. The van der Waals surface area contributed by atoms with Gasteiger partial charge in [0, 0.05) is 18.8 Å². The van der Waals surface area contributed by atoms with Crippen LogP contribution in [0.2, 0.25) is 0 Å². The predicted octanol–water partition coefficient (Wildman–Crippen LogP) is 1.52. The van der Waals surface area contributed by atoms with Crippen LogP contribution in [0.25, 0.3) is 0 Å². The third-order valence-electron chi connectivity index (χ3n) is 2.18. The fourth-order valence-electron chi connectivity index (χ4n) is 1.58. The van der Waals surface area contributed by atoms with Gasteiger partial charge in [0.05, 0.1) is 5.69 Å². The quantitative estimate of drug-likeness (QED) is 0.785. The van der Waals surface area contributed by atoms with Gasteiger partial charge in [0.15, 0.2) is 0 Å². The van der Waals surface area contributed by atoms with Crippen molar-refractivity contribution >= 4 is 24.8 Å². The average Bonchev–Trinajstić information content (AvgIpc) is 2.46. The molecule has 0 spiro atoms. The Kier molecular flexibility index (Phi) is 5.37. The molecule has 13 heavy (non-hydrogen) atoms. The predicted molar refractivity (Wildman–Crippen MR) is 57.6 cm³/mol. The molecule has 2 N–H and O–H groups in total. The van der Waals surface area contributed by atoms with Crippen molar-refractivity contribution in [2.45, 2.75) is 32.4 Å². The van der Waals surface area contributed by atoms with Gasteiger partial charge in [0.1, 0.15) is 0 Å². The number of halogens is 2. The molecule has 0 radical (unpaired) electrons. The van der Waals surface area contributed by atoms with Gasteiger partial charge in [0.25, 0.3) is 0 Å². The van der Waals surface area contributed by atoms with Crippen molar-refractivity contribution in [1.82, 2.24) is 9.78 Å². The highest BCUT2D eigenvalue weighted by molar-refractivity contribution is 5.85. The van der Waals surface area contributed by atoms with Crippen molar-refractivity contribution in [3.63, 3.8) is 0 Å². The zero-order valence-corrected chi connectivity index (χ0v) is 9.03. The van der Waals surface area contributed by atoms with Gasteiger partial charge >= 0.3 is 0 Å². The molecule has 3 nitrogen and oxygen atoms in total. The summed E-state index contributed by atoms with van der Waals surface area (Å²) in [5.74, 6) is 0. The van der Waals surface area contributed by atoms with Gasteiger partial charge in [-0.2, -0.15) is 5.10 Å². The van der Waals surface area contributed by atoms with Crippen LogP contribution in [0.3, 0.4) is 0 Å². The summed E-state index contributed by atoms with van der Waals surface area (Å²) in [5.41, 5.74) is 7.87. The molecule has 0 atom stereocenters. The number of rotatable bonds is 1. The van der Waals surface area contributed by atoms with E-state index in [1.807, 2.05) is 0 Å². The fraction of sp³-hybridized carbons (Fsp3) is 0.625. The van der Waals surface area contributed by atoms with Crippen LogP contribution >= 0.6 is 24.8 Å². The second kappa shape index (κ2) is 5.47. The smallest absolute Gasteiger partial charge is 0.0763 e. The molecule has 76 valence electrons. The number of aromatic nitrogens is 2. The third-order valence-corrected chi connectivity index (χ3v) is 2.18. The highest BCUT2D eigenvalue weighted by Crippen LogP contribution is 2.14. The molecule has 0 saturated heterocycles. The lowest BCUT2D eigenvalue weighted by atomic mass is 10.1. The second-order valence-electron chi connectivity index (χ2n) is 3.01. The Morgan fingerprint density at radius 1 is 1.38 bits per heavy atom. The van der Waals surface area contributed by atoms with Crippen LogP contribution in [0.15, 0.2) is 6.07 Å². The second-order valence-corrected chi connectivity index (χ2v) is 3.01. The number of hydrogen-bond donors (Lipinski definition) is 1. The van der Waals surface area contributed by atoms with Crippen LogP contribution < -0.4 is 5.73 Å². The van der Waals surface area contributed by atoms with E-state index < -0.39 is 0 Å². The molecular weight excluding hydrogens is 209 g/mol. The lowest BCUT2D eigenvalue weighted by Gasteiger charge is -2.11. The molecule has 0 amide bonds. The van der Waals surface area contributed by atoms with Crippen molar-refractivity contribution in [3.8, 4) is 0 Å². The molecule has 0 bridgehead atoms. The number of aryl methyl sites for hydroxylation is 2. The molecule has 0 aliphatic carbocycles. The van der Waals surface area contributed by atoms with Crippen molar-refractivity contribution in [1.29, 1.82) is 0 Å². The van der Waals surface area contributed by atoms with Gasteiger partial charge in [-0.3, -0.25) is 4.68 Å². The summed E-state index contributed by atoms with van der Waals surface area (Å²) >= 11 is 0. The summed E-state index contributed by atoms with van der Waals surface area (Å²) in [4.78, 5) is 0. The summed E-state index contributed by atoms with van der Waals surface area (Å²) < 4.78 is 2.09. The first-order valence-corrected chi connectivity index (χ1v) is 4.16. The Bertz CT molecular complexity index is 236. The molecule has 1 aliphatic heterocycles. The molecule has 0 unspecified atom stereocenters. The van der Waals surface area contributed by atoms with E-state index >= 15 is 0 Å². The van der Waals surface area contributed by atoms with Crippen LogP contribution in [0.4, 0.5) is 0 Å². The first-order valence-electron chi connectivity index (χ1n) is 4.16. The molecule has 2 heterocycles. The minimum Gasteiger partial charge on any atom is -0.325 e. The minimum atomic E-state index is 0. The third kappa shape index (κ3) is 2.59. The van der Waals surface area contributed by atoms with Gasteiger partial charge in [-0.05, 0) is 25.3 Å². The molecule has 1 aromatic rings. The summed E-state index contributed by atoms with van der Waals surface area (Å²) in [5, 5.41) is 4.36. The van der Waals surface area contributed by atoms with Gasteiger partial charge in [-0.15, -0.1) is 24.8 Å². The van der Waals surface area contributed by atoms with Crippen LogP contribution in [0.1, 0.15) is 24.2 Å². The van der Waals surface area contributed by atoms with E-state index in [0.29, 0.717) is 6.54 Å². The summed E-state index contributed by atoms with van der Waals surface area (Å²) in [6.45, 7) is 1.65. The highest BCUT2D eigenvalue weighted by atomic mass is 35.5. The van der Waals surface area contributed by atoms with E-state index in [2.05, 4.69) is 15.8 Å². The Hall–Kier alpha value is -0.250. The zero-order valence-electron chi connectivity index (χ0n) is 7.40. The van der Waals surface area contributed by atoms with E-state index in [4.69, 9.17) is 5.73 Å². The Labute approximate surface area is 90.5 Å². The van der Waals surface area contributed by atoms with Crippen molar-refractivity contribution < 1.29 is 0 Å². The molecule has 0 saturated carbocycles. The molecule has 0 fully saturated rings. The summed E-state index contributed by atoms with van der Waals surface area (Å²) in [7, 11) is 0. The van der Waals surface area contributed by atoms with Crippen LogP contribution in [-0.2, 0) is 19.5 Å². The number of nitrogens with zero attached hydrogens (tertiary/aromatic N) is 2. The lowest BCUT2D eigenvalue weighted by molar-refractivity contribution is 0.483. The molecule has 5 heteroatoms. The van der Waals surface area contributed by atoms with Crippen LogP contribution in [-0.4, -0.2) is 9.78 Å². The number of nitrogens with two attached hydrogens (primary N) is 1. The molecule has 2 rings (SSSR count). The number of fused-ring (bicyclic) bond motifs is 1. The Morgan fingerprint density at radius 2 is 2.15 bits per heavy atom. The SMILES string of the molecule is Cl.Cl.NCc1cc2n(n1)CCCC2. The van der Waals surface area contributed by atoms with Crippen LogP contribution in [0.5, 0.6) is 0 Å². The average molecular weight is 224 g/mol. The first kappa shape index (κ1) is 12.8. The van der Waals surface area contributed by atoms with Gasteiger partial charge in [-0.25, -0.2) is 0 Å². The Morgan fingerprint density at radius 3 is 2.77 bits per heavy atom. The van der Waals surface area contributed by atoms with Gasteiger partial charge in [0.2, 0.25) is 0 Å². The van der Waals surface area contributed by atoms with Gasteiger partial charge in [-0.1, -0.05) is 0 Å². The molecular formula is C8H15Cl2N3. The minimum absolute atomic E-state index is 0. The maximum absolute atomic E-state index is 5.49. The monoisotopic (exact) mass is 223 g/mol. The number of hydrogen-bond acceptors (Lipinski definition) is 2. The van der Waals surface area contributed by atoms with Gasteiger partial charge < -0.3 is 5.73 Å². The van der Waals surface area contributed by atoms with E-state index in [9.17, 15) is 0 Å². The van der Waals surface area contributed by atoms with E-state index in [-0.39, 0.29) is 24.8 Å². The summed E-state index contributed by atoms with van der Waals surface area (Å²) in [6.07, 6.45) is 3.74. The first-order chi connectivity index (χ1) is 5.40. The maximum Gasteiger partial charge on any atom is 0.0763 e. The molecule has 1 aliphatic rings. The van der Waals surface area contributed by atoms with Crippen molar-refractivity contribution in [2.75, 3.05) is 0 Å². The fourth-order valence-corrected chi connectivity index (χ4v) is 1.58. The van der Waals surface area contributed by atoms with E-state index in [1.165, 1.54) is 25.0 Å². The topological polar surface area (TPSA) is 43.8 Å². The molecule has 1 aromatic heterocycles. The largest absolute Gasteiger partial charge is 0.325 e. The standard InChI is InChI=1S/C8H13N3.2ClH/c9-6-7-5-8-3-1-2-4-11(8)10-7;;/h5H,1-4,6,9H2;2*1H. The lowest BCUT2D eigenvalue weighted by Crippen LogP contribution is -2.10. The maximum atomic E-state index is 5.49. The normalized spacial score (nSPS) is 13.9. The zero-order chi connectivity index (χ0) is 7.68. The highest BCUT2D eigenvalue weighted by Gasteiger charge is 2.10. The van der Waals surface area contributed by atoms with E-state index in [1.54, 1.807) is 0 Å². The van der Waals surface area contributed by atoms with Crippen molar-refractivity contribution in [2.24, 2.45) is 5.73 Å². The molecule has 0 aromatic carbocycles. The Balaban J connectivity index is 0.000000720.